The van der Waals surface area contributed by atoms with E-state index in [4.69, 9.17) is 4.74 Å². The van der Waals surface area contributed by atoms with Crippen LogP contribution in [0.4, 0.5) is 4.79 Å². The molecule has 0 aromatic rings. The maximum Gasteiger partial charge on any atom is 0.315 e. The van der Waals surface area contributed by atoms with Gasteiger partial charge >= 0.3 is 6.03 Å². The van der Waals surface area contributed by atoms with Gasteiger partial charge in [0.25, 0.3) is 0 Å². The number of amides is 2. The molecule has 2 amide bonds. The number of ether oxygens (including phenoxy) is 1. The van der Waals surface area contributed by atoms with E-state index in [-0.39, 0.29) is 12.1 Å². The Bertz CT molecular complexity index is 236. The van der Waals surface area contributed by atoms with E-state index in [1.807, 2.05) is 0 Å². The maximum atomic E-state index is 11.7. The molecule has 17 heavy (non-hydrogen) atoms. The van der Waals surface area contributed by atoms with Gasteiger partial charge in [0.2, 0.25) is 0 Å². The molecule has 2 heterocycles. The fourth-order valence-electron chi connectivity index (χ4n) is 2.42. The Hall–Kier alpha value is -0.810. The van der Waals surface area contributed by atoms with Gasteiger partial charge in [-0.15, -0.1) is 0 Å². The summed E-state index contributed by atoms with van der Waals surface area (Å²) in [6, 6.07) is 0.246. The first-order chi connectivity index (χ1) is 8.34. The zero-order valence-corrected chi connectivity index (χ0v) is 10.3. The average Bonchev–Trinajstić information content (AvgIpc) is 2.39. The second kappa shape index (κ2) is 6.81. The summed E-state index contributed by atoms with van der Waals surface area (Å²) in [5.41, 5.74) is 0. The van der Waals surface area contributed by atoms with Crippen LogP contribution in [0.5, 0.6) is 0 Å². The van der Waals surface area contributed by atoms with Crippen LogP contribution in [0.2, 0.25) is 0 Å². The fraction of sp³-hybridized carbons (Fsp3) is 0.917. The second-order valence-electron chi connectivity index (χ2n) is 4.98. The molecule has 2 unspecified atom stereocenters. The molecule has 3 N–H and O–H groups in total. The lowest BCUT2D eigenvalue weighted by molar-refractivity contribution is 0.0557. The summed E-state index contributed by atoms with van der Waals surface area (Å²) in [6.45, 7) is 4.34. The zero-order valence-electron chi connectivity index (χ0n) is 10.3. The molecule has 0 aromatic heterocycles. The summed E-state index contributed by atoms with van der Waals surface area (Å²) < 4.78 is 5.38. The predicted octanol–water partition coefficient (Wildman–Crippen LogP) is 0.464. The lowest BCUT2D eigenvalue weighted by atomic mass is 10.0. The Kier molecular flexibility index (Phi) is 5.07. The summed E-state index contributed by atoms with van der Waals surface area (Å²) >= 11 is 0. The molecule has 0 radical (unpaired) electrons. The molecule has 2 fully saturated rings. The van der Waals surface area contributed by atoms with Crippen molar-refractivity contribution in [2.24, 2.45) is 5.92 Å². The Balaban J connectivity index is 1.59. The van der Waals surface area contributed by atoms with Crippen LogP contribution in [0.3, 0.4) is 0 Å². The monoisotopic (exact) mass is 241 g/mol. The third-order valence-corrected chi connectivity index (χ3v) is 3.44. The molecule has 0 saturated carbocycles. The normalized spacial score (nSPS) is 29.6. The minimum atomic E-state index is -0.0377. The van der Waals surface area contributed by atoms with Crippen LogP contribution in [-0.4, -0.2) is 44.9 Å². The van der Waals surface area contributed by atoms with E-state index in [0.717, 1.165) is 58.5 Å². The summed E-state index contributed by atoms with van der Waals surface area (Å²) in [5.74, 6) is 0.485. The number of piperidine rings is 1. The molecule has 0 aliphatic carbocycles. The molecular formula is C12H23N3O2. The van der Waals surface area contributed by atoms with Crippen molar-refractivity contribution in [1.29, 1.82) is 0 Å². The van der Waals surface area contributed by atoms with Crippen LogP contribution < -0.4 is 16.0 Å². The summed E-state index contributed by atoms with van der Waals surface area (Å²) in [6.07, 6.45) is 4.49. The van der Waals surface area contributed by atoms with Gasteiger partial charge in [-0.25, -0.2) is 4.79 Å². The van der Waals surface area contributed by atoms with Crippen molar-refractivity contribution in [2.75, 3.05) is 32.8 Å². The van der Waals surface area contributed by atoms with Crippen LogP contribution in [0.25, 0.3) is 0 Å². The van der Waals surface area contributed by atoms with Crippen LogP contribution >= 0.6 is 0 Å². The molecular weight excluding hydrogens is 218 g/mol. The van der Waals surface area contributed by atoms with Gasteiger partial charge in [-0.3, -0.25) is 0 Å². The van der Waals surface area contributed by atoms with Crippen molar-refractivity contribution < 1.29 is 9.53 Å². The average molecular weight is 241 g/mol. The van der Waals surface area contributed by atoms with Gasteiger partial charge in [-0.05, 0) is 38.1 Å². The van der Waals surface area contributed by atoms with Gasteiger partial charge in [-0.1, -0.05) is 0 Å². The van der Waals surface area contributed by atoms with E-state index in [1.54, 1.807) is 0 Å². The van der Waals surface area contributed by atoms with Crippen LogP contribution in [-0.2, 0) is 4.74 Å². The highest BCUT2D eigenvalue weighted by Crippen LogP contribution is 2.12. The number of hydrogen-bond acceptors (Lipinski definition) is 3. The molecule has 98 valence electrons. The minimum Gasteiger partial charge on any atom is -0.381 e. The van der Waals surface area contributed by atoms with Crippen molar-refractivity contribution in [3.63, 3.8) is 0 Å². The van der Waals surface area contributed by atoms with Gasteiger partial charge in [0.15, 0.2) is 0 Å². The summed E-state index contributed by atoms with van der Waals surface area (Å²) in [4.78, 5) is 11.7. The quantitative estimate of drug-likeness (QED) is 0.673. The van der Waals surface area contributed by atoms with E-state index in [2.05, 4.69) is 16.0 Å². The van der Waals surface area contributed by atoms with Crippen molar-refractivity contribution in [2.45, 2.75) is 31.7 Å². The van der Waals surface area contributed by atoms with Crippen molar-refractivity contribution in [3.05, 3.63) is 0 Å². The number of carbonyl (C=O) groups is 1. The van der Waals surface area contributed by atoms with E-state index in [0.29, 0.717) is 5.92 Å². The van der Waals surface area contributed by atoms with Gasteiger partial charge in [0, 0.05) is 25.7 Å². The second-order valence-corrected chi connectivity index (χ2v) is 4.98. The molecule has 2 saturated heterocycles. The van der Waals surface area contributed by atoms with E-state index >= 15 is 0 Å². The zero-order chi connectivity index (χ0) is 11.9. The first-order valence-electron chi connectivity index (χ1n) is 6.67. The van der Waals surface area contributed by atoms with Crippen molar-refractivity contribution in [3.8, 4) is 0 Å². The molecule has 2 aliphatic rings. The van der Waals surface area contributed by atoms with Crippen LogP contribution in [0.1, 0.15) is 25.7 Å². The van der Waals surface area contributed by atoms with Crippen molar-refractivity contribution in [1.82, 2.24) is 16.0 Å². The topological polar surface area (TPSA) is 62.4 Å². The number of urea groups is 1. The van der Waals surface area contributed by atoms with Gasteiger partial charge in [0.1, 0.15) is 0 Å². The lowest BCUT2D eigenvalue weighted by Crippen LogP contribution is -2.50. The number of hydrogen-bond donors (Lipinski definition) is 3. The smallest absolute Gasteiger partial charge is 0.315 e. The number of carbonyl (C=O) groups excluding carboxylic acids is 1. The largest absolute Gasteiger partial charge is 0.381 e. The SMILES string of the molecule is O=C(NCC1CCCOC1)NC1CCCNC1. The Morgan fingerprint density at radius 3 is 3.00 bits per heavy atom. The highest BCUT2D eigenvalue weighted by Gasteiger charge is 2.17. The molecule has 2 atom stereocenters. The van der Waals surface area contributed by atoms with Gasteiger partial charge in [-0.2, -0.15) is 0 Å². The highest BCUT2D eigenvalue weighted by atomic mass is 16.5. The molecule has 0 aromatic carbocycles. The molecule has 0 spiro atoms. The van der Waals surface area contributed by atoms with Crippen LogP contribution in [0, 0.1) is 5.92 Å². The van der Waals surface area contributed by atoms with Crippen LogP contribution in [0.15, 0.2) is 0 Å². The first-order valence-corrected chi connectivity index (χ1v) is 6.67. The Morgan fingerprint density at radius 2 is 2.29 bits per heavy atom. The third-order valence-electron chi connectivity index (χ3n) is 3.44. The molecule has 2 aliphatic heterocycles. The maximum absolute atomic E-state index is 11.7. The summed E-state index contributed by atoms with van der Waals surface area (Å²) in [7, 11) is 0. The first kappa shape index (κ1) is 12.6. The lowest BCUT2D eigenvalue weighted by Gasteiger charge is -2.25. The Morgan fingerprint density at radius 1 is 1.35 bits per heavy atom. The molecule has 5 heteroatoms. The van der Waals surface area contributed by atoms with Gasteiger partial charge in [0.05, 0.1) is 6.61 Å². The Labute approximate surface area is 103 Å². The van der Waals surface area contributed by atoms with E-state index in [9.17, 15) is 4.79 Å². The molecule has 2 rings (SSSR count). The molecule has 0 bridgehead atoms. The standard InChI is InChI=1S/C12H23N3O2/c16-12(15-11-4-1-5-13-8-11)14-7-10-3-2-6-17-9-10/h10-11,13H,1-9H2,(H2,14,15,16). The third kappa shape index (κ3) is 4.52. The minimum absolute atomic E-state index is 0.0377. The van der Waals surface area contributed by atoms with Gasteiger partial charge < -0.3 is 20.7 Å². The number of nitrogens with one attached hydrogen (secondary N) is 3. The van der Waals surface area contributed by atoms with E-state index in [1.165, 1.54) is 0 Å². The molecule has 5 nitrogen and oxygen atoms in total. The van der Waals surface area contributed by atoms with E-state index < -0.39 is 0 Å². The highest BCUT2D eigenvalue weighted by molar-refractivity contribution is 5.74. The predicted molar refractivity (Wildman–Crippen MR) is 66.0 cm³/mol. The van der Waals surface area contributed by atoms with Crippen molar-refractivity contribution >= 4 is 6.03 Å². The summed E-state index contributed by atoms with van der Waals surface area (Å²) in [5, 5.41) is 9.23. The number of rotatable bonds is 3. The fourth-order valence-corrected chi connectivity index (χ4v) is 2.42.